The molecular weight excluding hydrogens is 226 g/mol. The molecule has 0 amide bonds. The third kappa shape index (κ3) is 1.89. The molecule has 0 radical (unpaired) electrons. The Hall–Kier alpha value is -1.46. The molecule has 0 aliphatic carbocycles. The van der Waals surface area contributed by atoms with Gasteiger partial charge in [-0.1, -0.05) is 13.0 Å². The Morgan fingerprint density at radius 1 is 1.44 bits per heavy atom. The van der Waals surface area contributed by atoms with E-state index in [0.29, 0.717) is 12.6 Å². The van der Waals surface area contributed by atoms with E-state index in [-0.39, 0.29) is 0 Å². The van der Waals surface area contributed by atoms with Gasteiger partial charge < -0.3 is 5.73 Å². The van der Waals surface area contributed by atoms with Gasteiger partial charge in [0.05, 0.1) is 6.04 Å². The summed E-state index contributed by atoms with van der Waals surface area (Å²) in [4.78, 5) is 7.08. The van der Waals surface area contributed by atoms with Crippen molar-refractivity contribution in [1.29, 1.82) is 0 Å². The van der Waals surface area contributed by atoms with Crippen LogP contribution in [0.15, 0.2) is 18.3 Å². The fraction of sp³-hybridized carbons (Fsp3) is 0.538. The molecule has 5 nitrogen and oxygen atoms in total. The first-order valence-corrected chi connectivity index (χ1v) is 6.61. The maximum atomic E-state index is 5.64. The third-order valence-corrected chi connectivity index (χ3v) is 3.71. The molecule has 96 valence electrons. The van der Waals surface area contributed by atoms with Crippen LogP contribution in [0.4, 0.5) is 0 Å². The van der Waals surface area contributed by atoms with Crippen molar-refractivity contribution in [2.45, 2.75) is 32.4 Å². The van der Waals surface area contributed by atoms with Crippen molar-refractivity contribution in [3.8, 4) is 0 Å². The van der Waals surface area contributed by atoms with Crippen molar-refractivity contribution in [2.75, 3.05) is 13.1 Å². The summed E-state index contributed by atoms with van der Waals surface area (Å²) in [5.41, 5.74) is 7.63. The number of hydrogen-bond acceptors (Lipinski definition) is 4. The Balaban J connectivity index is 1.97. The van der Waals surface area contributed by atoms with Gasteiger partial charge in [-0.05, 0) is 37.6 Å². The number of aromatic nitrogens is 3. The van der Waals surface area contributed by atoms with Crippen molar-refractivity contribution in [2.24, 2.45) is 5.73 Å². The fourth-order valence-electron chi connectivity index (χ4n) is 2.70. The molecule has 18 heavy (non-hydrogen) atoms. The quantitative estimate of drug-likeness (QED) is 0.886. The highest BCUT2D eigenvalue weighted by Crippen LogP contribution is 2.29. The van der Waals surface area contributed by atoms with Gasteiger partial charge in [0, 0.05) is 12.7 Å². The van der Waals surface area contributed by atoms with Gasteiger partial charge in [-0.15, -0.1) is 5.10 Å². The molecule has 1 aliphatic rings. The van der Waals surface area contributed by atoms with E-state index in [9.17, 15) is 0 Å². The molecule has 2 N–H and O–H groups in total. The summed E-state index contributed by atoms with van der Waals surface area (Å²) in [6.07, 6.45) is 4.37. The minimum Gasteiger partial charge on any atom is -0.326 e. The van der Waals surface area contributed by atoms with Crippen LogP contribution in [-0.2, 0) is 6.54 Å². The summed E-state index contributed by atoms with van der Waals surface area (Å²) in [7, 11) is 0. The second kappa shape index (κ2) is 4.66. The minimum absolute atomic E-state index is 0.385. The zero-order valence-electron chi connectivity index (χ0n) is 10.7. The molecule has 3 heterocycles. The minimum atomic E-state index is 0.385. The maximum Gasteiger partial charge on any atom is 0.168 e. The lowest BCUT2D eigenvalue weighted by atomic mass is 10.2. The number of rotatable bonds is 3. The topological polar surface area (TPSA) is 59.5 Å². The van der Waals surface area contributed by atoms with E-state index in [1.54, 1.807) is 0 Å². The lowest BCUT2D eigenvalue weighted by Crippen LogP contribution is -2.23. The smallest absolute Gasteiger partial charge is 0.168 e. The zero-order chi connectivity index (χ0) is 12.5. The summed E-state index contributed by atoms with van der Waals surface area (Å²) in [6.45, 7) is 4.95. The lowest BCUT2D eigenvalue weighted by molar-refractivity contribution is 0.262. The van der Waals surface area contributed by atoms with Gasteiger partial charge in [0.2, 0.25) is 0 Å². The van der Waals surface area contributed by atoms with Gasteiger partial charge in [0.1, 0.15) is 0 Å². The average Bonchev–Trinajstić information content (AvgIpc) is 3.03. The van der Waals surface area contributed by atoms with Crippen molar-refractivity contribution >= 4 is 5.65 Å². The molecule has 0 aromatic carbocycles. The largest absolute Gasteiger partial charge is 0.326 e. The van der Waals surface area contributed by atoms with Crippen molar-refractivity contribution in [3.63, 3.8) is 0 Å². The normalized spacial score (nSPS) is 20.9. The van der Waals surface area contributed by atoms with Gasteiger partial charge in [0.15, 0.2) is 11.5 Å². The standard InChI is InChI=1S/C13H19N5/c1-2-17-7-3-4-11(17)13-15-12-6-5-10(8-14)9-18(12)16-13/h5-6,9,11H,2-4,7-8,14H2,1H3. The van der Waals surface area contributed by atoms with E-state index in [1.165, 1.54) is 6.42 Å². The number of hydrogen-bond donors (Lipinski definition) is 1. The van der Waals surface area contributed by atoms with Crippen molar-refractivity contribution in [3.05, 3.63) is 29.7 Å². The second-order valence-corrected chi connectivity index (χ2v) is 4.80. The van der Waals surface area contributed by atoms with Crippen molar-refractivity contribution in [1.82, 2.24) is 19.5 Å². The Morgan fingerprint density at radius 2 is 2.33 bits per heavy atom. The number of fused-ring (bicyclic) bond motifs is 1. The molecule has 1 unspecified atom stereocenters. The Labute approximate surface area is 107 Å². The molecule has 0 spiro atoms. The fourth-order valence-corrected chi connectivity index (χ4v) is 2.70. The van der Waals surface area contributed by atoms with Crippen LogP contribution in [0.1, 0.15) is 37.2 Å². The third-order valence-electron chi connectivity index (χ3n) is 3.71. The summed E-state index contributed by atoms with van der Waals surface area (Å²) < 4.78 is 1.85. The molecule has 3 rings (SSSR count). The Bertz CT molecular complexity index is 547. The van der Waals surface area contributed by atoms with Crippen LogP contribution in [0.25, 0.3) is 5.65 Å². The molecule has 1 saturated heterocycles. The highest BCUT2D eigenvalue weighted by Gasteiger charge is 2.27. The molecule has 0 bridgehead atoms. The first-order chi connectivity index (χ1) is 8.81. The molecular formula is C13H19N5. The molecule has 5 heteroatoms. The van der Waals surface area contributed by atoms with Crippen LogP contribution in [0.2, 0.25) is 0 Å². The van der Waals surface area contributed by atoms with Crippen molar-refractivity contribution < 1.29 is 0 Å². The van der Waals surface area contributed by atoms with Crippen LogP contribution in [0, 0.1) is 0 Å². The average molecular weight is 245 g/mol. The van der Waals surface area contributed by atoms with Gasteiger partial charge in [-0.3, -0.25) is 4.90 Å². The van der Waals surface area contributed by atoms with Gasteiger partial charge >= 0.3 is 0 Å². The molecule has 2 aromatic heterocycles. The SMILES string of the molecule is CCN1CCCC1c1nc2ccc(CN)cn2n1. The monoisotopic (exact) mass is 245 g/mol. The molecule has 2 aromatic rings. The molecule has 1 atom stereocenters. The predicted octanol–water partition coefficient (Wildman–Crippen LogP) is 1.34. The zero-order valence-corrected chi connectivity index (χ0v) is 10.7. The van der Waals surface area contributed by atoms with Crippen LogP contribution in [0.5, 0.6) is 0 Å². The van der Waals surface area contributed by atoms with Crippen LogP contribution in [-0.4, -0.2) is 32.6 Å². The van der Waals surface area contributed by atoms with Crippen LogP contribution in [0.3, 0.4) is 0 Å². The number of pyridine rings is 1. The molecule has 1 aliphatic heterocycles. The van der Waals surface area contributed by atoms with E-state index < -0.39 is 0 Å². The van der Waals surface area contributed by atoms with Crippen LogP contribution < -0.4 is 5.73 Å². The van der Waals surface area contributed by atoms with Gasteiger partial charge in [0.25, 0.3) is 0 Å². The summed E-state index contributed by atoms with van der Waals surface area (Å²) >= 11 is 0. The highest BCUT2D eigenvalue weighted by molar-refractivity contribution is 5.39. The van der Waals surface area contributed by atoms with Gasteiger partial charge in [-0.2, -0.15) is 0 Å². The Morgan fingerprint density at radius 3 is 3.11 bits per heavy atom. The molecule has 0 saturated carbocycles. The first kappa shape index (κ1) is 11.6. The second-order valence-electron chi connectivity index (χ2n) is 4.80. The van der Waals surface area contributed by atoms with E-state index in [1.807, 2.05) is 22.8 Å². The lowest BCUT2D eigenvalue weighted by Gasteiger charge is -2.19. The summed E-state index contributed by atoms with van der Waals surface area (Å²) in [6, 6.07) is 4.39. The maximum absolute atomic E-state index is 5.64. The summed E-state index contributed by atoms with van der Waals surface area (Å²) in [5.74, 6) is 0.948. The number of nitrogens with two attached hydrogens (primary N) is 1. The molecule has 1 fully saturated rings. The summed E-state index contributed by atoms with van der Waals surface area (Å²) in [5, 5.41) is 4.61. The number of likely N-dealkylation sites (tertiary alicyclic amines) is 1. The first-order valence-electron chi connectivity index (χ1n) is 6.61. The predicted molar refractivity (Wildman–Crippen MR) is 70.1 cm³/mol. The van der Waals surface area contributed by atoms with E-state index in [2.05, 4.69) is 21.9 Å². The van der Waals surface area contributed by atoms with E-state index in [0.717, 1.165) is 36.5 Å². The van der Waals surface area contributed by atoms with E-state index >= 15 is 0 Å². The number of nitrogens with zero attached hydrogens (tertiary/aromatic N) is 4. The highest BCUT2D eigenvalue weighted by atomic mass is 15.3. The van der Waals surface area contributed by atoms with Gasteiger partial charge in [-0.25, -0.2) is 9.50 Å². The van der Waals surface area contributed by atoms with E-state index in [4.69, 9.17) is 5.73 Å². The Kier molecular flexibility index (Phi) is 3.01. The van der Waals surface area contributed by atoms with Crippen LogP contribution >= 0.6 is 0 Å².